The molecule has 0 fully saturated rings. The lowest BCUT2D eigenvalue weighted by atomic mass is 10.2. The molecule has 0 amide bonds. The first-order valence-corrected chi connectivity index (χ1v) is 8.37. The van der Waals surface area contributed by atoms with Crippen molar-refractivity contribution in [2.45, 2.75) is 18.4 Å². The molecule has 120 valence electrons. The minimum atomic E-state index is -3.78. The van der Waals surface area contributed by atoms with Gasteiger partial charge in [0.05, 0.1) is 17.7 Å². The Hall–Kier alpha value is -2.38. The van der Waals surface area contributed by atoms with Crippen LogP contribution in [0.2, 0.25) is 0 Å². The first-order valence-electron chi connectivity index (χ1n) is 6.93. The van der Waals surface area contributed by atoms with E-state index in [-0.39, 0.29) is 22.9 Å². The van der Waals surface area contributed by atoms with Crippen molar-refractivity contribution >= 4 is 21.1 Å². The zero-order valence-electron chi connectivity index (χ0n) is 12.7. The number of rotatable bonds is 4. The van der Waals surface area contributed by atoms with Gasteiger partial charge in [-0.3, -0.25) is 0 Å². The molecule has 3 rings (SSSR count). The number of hydrogen-bond acceptors (Lipinski definition) is 5. The lowest BCUT2D eigenvalue weighted by Gasteiger charge is -2.07. The highest BCUT2D eigenvalue weighted by molar-refractivity contribution is 7.90. The van der Waals surface area contributed by atoms with Crippen LogP contribution in [-0.2, 0) is 21.4 Å². The quantitative estimate of drug-likeness (QED) is 0.793. The molecule has 0 unspecified atom stereocenters. The molecule has 2 heterocycles. The highest BCUT2D eigenvalue weighted by Crippen LogP contribution is 2.27. The van der Waals surface area contributed by atoms with E-state index in [9.17, 15) is 13.5 Å². The fraction of sp³-hybridized carbons (Fsp3) is 0.188. The summed E-state index contributed by atoms with van der Waals surface area (Å²) in [6, 6.07) is 8.10. The van der Waals surface area contributed by atoms with Crippen molar-refractivity contribution in [2.75, 3.05) is 7.11 Å². The molecule has 3 aromatic rings. The molecule has 0 spiro atoms. The molecule has 0 saturated carbocycles. The summed E-state index contributed by atoms with van der Waals surface area (Å²) in [5.41, 5.74) is 1.88. The Labute approximate surface area is 134 Å². The number of pyridine rings is 1. The summed E-state index contributed by atoms with van der Waals surface area (Å²) in [5.74, 6) is -0.0275. The van der Waals surface area contributed by atoms with Crippen LogP contribution >= 0.6 is 0 Å². The van der Waals surface area contributed by atoms with Crippen molar-refractivity contribution in [2.24, 2.45) is 0 Å². The van der Waals surface area contributed by atoms with Crippen LogP contribution in [0.15, 0.2) is 47.6 Å². The number of aryl methyl sites for hydroxylation is 1. The third-order valence-corrected chi connectivity index (χ3v) is 5.22. The first-order chi connectivity index (χ1) is 10.9. The average Bonchev–Trinajstić information content (AvgIpc) is 2.87. The van der Waals surface area contributed by atoms with E-state index in [1.165, 1.54) is 25.6 Å². The normalized spacial score (nSPS) is 11.9. The molecule has 23 heavy (non-hydrogen) atoms. The fourth-order valence-electron chi connectivity index (χ4n) is 2.41. The Morgan fingerprint density at radius 1 is 1.26 bits per heavy atom. The first kappa shape index (κ1) is 15.5. The van der Waals surface area contributed by atoms with E-state index in [0.29, 0.717) is 10.9 Å². The van der Waals surface area contributed by atoms with Gasteiger partial charge in [0.25, 0.3) is 10.0 Å². The number of nitrogens with zero attached hydrogens (tertiary/aromatic N) is 2. The van der Waals surface area contributed by atoms with Gasteiger partial charge in [-0.25, -0.2) is 17.4 Å². The Kier molecular flexibility index (Phi) is 3.83. The Morgan fingerprint density at radius 3 is 2.61 bits per heavy atom. The van der Waals surface area contributed by atoms with Crippen molar-refractivity contribution in [1.82, 2.24) is 8.96 Å². The molecule has 0 saturated heterocycles. The van der Waals surface area contributed by atoms with E-state index in [1.54, 1.807) is 24.3 Å². The van der Waals surface area contributed by atoms with Crippen LogP contribution in [0.4, 0.5) is 0 Å². The molecular formula is C16H16N2O4S. The summed E-state index contributed by atoms with van der Waals surface area (Å²) >= 11 is 0. The molecular weight excluding hydrogens is 316 g/mol. The van der Waals surface area contributed by atoms with Crippen LogP contribution < -0.4 is 0 Å². The van der Waals surface area contributed by atoms with Crippen LogP contribution in [0.3, 0.4) is 0 Å². The van der Waals surface area contributed by atoms with Gasteiger partial charge in [0, 0.05) is 24.3 Å². The second kappa shape index (κ2) is 5.68. The Bertz CT molecular complexity index is 960. The minimum absolute atomic E-state index is 0.0275. The number of fused-ring (bicyclic) bond motifs is 1. The second-order valence-corrected chi connectivity index (χ2v) is 7.08. The molecule has 1 N–H and O–H groups in total. The molecule has 0 aliphatic heterocycles. The predicted octanol–water partition coefficient (Wildman–Crippen LogP) is 2.43. The maximum absolute atomic E-state index is 12.9. The standard InChI is InChI=1S/C16H16N2O4S/c1-11-3-5-14(6-4-11)23(20,21)18-9-12(10-22-2)15-7-13(19)8-17-16(15)18/h3-9,19H,10H2,1-2H3. The molecule has 6 nitrogen and oxygen atoms in total. The van der Waals surface area contributed by atoms with Gasteiger partial charge in [-0.15, -0.1) is 0 Å². The largest absolute Gasteiger partial charge is 0.506 e. The summed E-state index contributed by atoms with van der Waals surface area (Å²) in [4.78, 5) is 4.25. The smallest absolute Gasteiger partial charge is 0.269 e. The molecule has 0 radical (unpaired) electrons. The van der Waals surface area contributed by atoms with Crippen LogP contribution in [0, 0.1) is 6.92 Å². The maximum atomic E-state index is 12.9. The van der Waals surface area contributed by atoms with Crippen LogP contribution in [0.1, 0.15) is 11.1 Å². The summed E-state index contributed by atoms with van der Waals surface area (Å²) in [7, 11) is -2.25. The highest BCUT2D eigenvalue weighted by Gasteiger charge is 2.22. The molecule has 0 aliphatic carbocycles. The van der Waals surface area contributed by atoms with E-state index in [0.717, 1.165) is 9.54 Å². The van der Waals surface area contributed by atoms with Crippen LogP contribution in [0.25, 0.3) is 11.0 Å². The van der Waals surface area contributed by atoms with Gasteiger partial charge in [-0.05, 0) is 25.1 Å². The maximum Gasteiger partial charge on any atom is 0.269 e. The fourth-order valence-corrected chi connectivity index (χ4v) is 3.75. The highest BCUT2D eigenvalue weighted by atomic mass is 32.2. The second-order valence-electron chi connectivity index (χ2n) is 5.27. The Morgan fingerprint density at radius 2 is 1.96 bits per heavy atom. The van der Waals surface area contributed by atoms with Crippen molar-refractivity contribution in [3.8, 4) is 5.75 Å². The third-order valence-electron chi connectivity index (χ3n) is 3.56. The van der Waals surface area contributed by atoms with Crippen molar-refractivity contribution < 1.29 is 18.3 Å². The van der Waals surface area contributed by atoms with Crippen LogP contribution in [0.5, 0.6) is 5.75 Å². The monoisotopic (exact) mass is 332 g/mol. The van der Waals surface area contributed by atoms with Gasteiger partial charge >= 0.3 is 0 Å². The Balaban J connectivity index is 2.25. The van der Waals surface area contributed by atoms with Gasteiger partial charge in [-0.2, -0.15) is 0 Å². The molecule has 1 aromatic carbocycles. The van der Waals surface area contributed by atoms with E-state index in [1.807, 2.05) is 6.92 Å². The van der Waals surface area contributed by atoms with E-state index < -0.39 is 10.0 Å². The topological polar surface area (TPSA) is 81.4 Å². The van der Waals surface area contributed by atoms with E-state index in [2.05, 4.69) is 4.98 Å². The minimum Gasteiger partial charge on any atom is -0.506 e. The van der Waals surface area contributed by atoms with Crippen molar-refractivity contribution in [3.63, 3.8) is 0 Å². The third kappa shape index (κ3) is 2.69. The molecule has 0 atom stereocenters. The predicted molar refractivity (Wildman–Crippen MR) is 85.9 cm³/mol. The van der Waals surface area contributed by atoms with Gasteiger partial charge in [0.15, 0.2) is 5.65 Å². The van der Waals surface area contributed by atoms with Gasteiger partial charge in [0.1, 0.15) is 5.75 Å². The molecule has 0 aliphatic rings. The van der Waals surface area contributed by atoms with E-state index in [4.69, 9.17) is 4.74 Å². The molecule has 0 bridgehead atoms. The number of methoxy groups -OCH3 is 1. The van der Waals surface area contributed by atoms with Crippen LogP contribution in [-0.4, -0.2) is 29.6 Å². The summed E-state index contributed by atoms with van der Waals surface area (Å²) in [6.45, 7) is 2.11. The number of aromatic nitrogens is 2. The SMILES string of the molecule is COCc1cn(S(=O)(=O)c2ccc(C)cc2)c2ncc(O)cc12. The lowest BCUT2D eigenvalue weighted by Crippen LogP contribution is -2.12. The number of hydrogen-bond donors (Lipinski definition) is 1. The summed E-state index contributed by atoms with van der Waals surface area (Å²) in [5, 5.41) is 10.2. The van der Waals surface area contributed by atoms with E-state index >= 15 is 0 Å². The van der Waals surface area contributed by atoms with Crippen molar-refractivity contribution in [3.05, 3.63) is 53.9 Å². The summed E-state index contributed by atoms with van der Waals surface area (Å²) in [6.07, 6.45) is 2.70. The van der Waals surface area contributed by atoms with Crippen molar-refractivity contribution in [1.29, 1.82) is 0 Å². The number of ether oxygens (including phenoxy) is 1. The number of aromatic hydroxyl groups is 1. The van der Waals surface area contributed by atoms with Gasteiger partial charge in [0.2, 0.25) is 0 Å². The van der Waals surface area contributed by atoms with Gasteiger partial charge < -0.3 is 9.84 Å². The average molecular weight is 332 g/mol. The number of benzene rings is 1. The molecule has 2 aromatic heterocycles. The lowest BCUT2D eigenvalue weighted by molar-refractivity contribution is 0.186. The zero-order chi connectivity index (χ0) is 16.6. The zero-order valence-corrected chi connectivity index (χ0v) is 13.5. The molecule has 7 heteroatoms. The van der Waals surface area contributed by atoms with Gasteiger partial charge in [-0.1, -0.05) is 17.7 Å². The summed E-state index contributed by atoms with van der Waals surface area (Å²) < 4.78 is 32.0.